The van der Waals surface area contributed by atoms with Crippen LogP contribution < -0.4 is 9.47 Å². The standard InChI is InChI=1S/C26H20INO6/c1-2-33-23-13-17(11-21(14-28)18-6-8-19(9-7-18)25(29)30)12-22(27)24(23)34-15-16-4-3-5-20(10-16)26(31)32/h3-13H,2,15H2,1H3,(H,29,30)(H,31,32)/b21-11-. The summed E-state index contributed by atoms with van der Waals surface area (Å²) in [4.78, 5) is 22.3. The lowest BCUT2D eigenvalue weighted by atomic mass is 10.0. The summed E-state index contributed by atoms with van der Waals surface area (Å²) in [5, 5.41) is 27.9. The average Bonchev–Trinajstić information content (AvgIpc) is 2.82. The molecule has 7 nitrogen and oxygen atoms in total. The number of rotatable bonds is 9. The van der Waals surface area contributed by atoms with Crippen LogP contribution in [0.2, 0.25) is 0 Å². The first-order chi connectivity index (χ1) is 16.3. The van der Waals surface area contributed by atoms with Gasteiger partial charge in [-0.1, -0.05) is 24.3 Å². The molecule has 8 heteroatoms. The molecular weight excluding hydrogens is 549 g/mol. The quantitative estimate of drug-likeness (QED) is 0.192. The van der Waals surface area contributed by atoms with Crippen LogP contribution in [0.1, 0.15) is 44.3 Å². The van der Waals surface area contributed by atoms with Crippen molar-refractivity contribution in [3.05, 3.63) is 92.1 Å². The molecule has 0 bridgehead atoms. The maximum Gasteiger partial charge on any atom is 0.335 e. The second kappa shape index (κ2) is 11.3. The molecule has 3 rings (SSSR count). The zero-order valence-electron chi connectivity index (χ0n) is 18.1. The van der Waals surface area contributed by atoms with Crippen LogP contribution in [-0.4, -0.2) is 28.8 Å². The first-order valence-electron chi connectivity index (χ1n) is 10.2. The molecule has 0 aliphatic rings. The Balaban J connectivity index is 1.90. The summed E-state index contributed by atoms with van der Waals surface area (Å²) in [6, 6.07) is 18.4. The van der Waals surface area contributed by atoms with Gasteiger partial charge in [-0.05, 0) is 88.7 Å². The number of ether oxygens (including phenoxy) is 2. The molecule has 0 saturated heterocycles. The van der Waals surface area contributed by atoms with Gasteiger partial charge in [0.15, 0.2) is 11.5 Å². The molecule has 0 amide bonds. The van der Waals surface area contributed by atoms with Gasteiger partial charge in [0.1, 0.15) is 6.61 Å². The zero-order chi connectivity index (χ0) is 24.7. The van der Waals surface area contributed by atoms with E-state index in [9.17, 15) is 20.0 Å². The lowest BCUT2D eigenvalue weighted by Gasteiger charge is -2.15. The fourth-order valence-corrected chi connectivity index (χ4v) is 3.94. The van der Waals surface area contributed by atoms with Gasteiger partial charge in [-0.15, -0.1) is 0 Å². The third kappa shape index (κ3) is 6.14. The number of carbonyl (C=O) groups is 2. The normalized spacial score (nSPS) is 10.9. The predicted octanol–water partition coefficient (Wildman–Crippen LogP) is 5.73. The summed E-state index contributed by atoms with van der Waals surface area (Å²) < 4.78 is 12.5. The summed E-state index contributed by atoms with van der Waals surface area (Å²) in [6.07, 6.45) is 1.70. The molecule has 2 N–H and O–H groups in total. The van der Waals surface area contributed by atoms with Gasteiger partial charge in [0, 0.05) is 0 Å². The minimum Gasteiger partial charge on any atom is -0.490 e. The molecule has 0 saturated carbocycles. The molecule has 0 heterocycles. The summed E-state index contributed by atoms with van der Waals surface area (Å²) in [5.41, 5.74) is 2.71. The van der Waals surface area contributed by atoms with E-state index in [2.05, 4.69) is 28.7 Å². The predicted molar refractivity (Wildman–Crippen MR) is 135 cm³/mol. The van der Waals surface area contributed by atoms with E-state index in [1.54, 1.807) is 42.5 Å². The van der Waals surface area contributed by atoms with Crippen LogP contribution in [0, 0.1) is 14.9 Å². The topological polar surface area (TPSA) is 117 Å². The van der Waals surface area contributed by atoms with Gasteiger partial charge < -0.3 is 19.7 Å². The fraction of sp³-hybridized carbons (Fsp3) is 0.115. The molecule has 3 aromatic rings. The van der Waals surface area contributed by atoms with Crippen molar-refractivity contribution in [2.45, 2.75) is 13.5 Å². The van der Waals surface area contributed by atoms with Crippen LogP contribution in [0.4, 0.5) is 0 Å². The van der Waals surface area contributed by atoms with E-state index in [0.29, 0.717) is 40.4 Å². The molecule has 172 valence electrons. The highest BCUT2D eigenvalue weighted by molar-refractivity contribution is 14.1. The number of hydrogen-bond acceptors (Lipinski definition) is 5. The Morgan fingerprint density at radius 3 is 2.26 bits per heavy atom. The van der Waals surface area contributed by atoms with Gasteiger partial charge >= 0.3 is 11.9 Å². The molecular formula is C26H20INO6. The fourth-order valence-electron chi connectivity index (χ4n) is 3.16. The number of benzene rings is 3. The second-order valence-corrected chi connectivity index (χ2v) is 8.27. The van der Waals surface area contributed by atoms with Crippen molar-refractivity contribution in [2.24, 2.45) is 0 Å². The highest BCUT2D eigenvalue weighted by Crippen LogP contribution is 2.36. The summed E-state index contributed by atoms with van der Waals surface area (Å²) >= 11 is 2.12. The Hall–Kier alpha value is -3.84. The minimum atomic E-state index is -1.03. The largest absolute Gasteiger partial charge is 0.490 e. The van der Waals surface area contributed by atoms with E-state index >= 15 is 0 Å². The van der Waals surface area contributed by atoms with Gasteiger partial charge in [0.25, 0.3) is 0 Å². The third-order valence-electron chi connectivity index (χ3n) is 4.76. The van der Waals surface area contributed by atoms with Gasteiger partial charge in [-0.25, -0.2) is 9.59 Å². The Labute approximate surface area is 210 Å². The van der Waals surface area contributed by atoms with E-state index in [4.69, 9.17) is 14.6 Å². The Morgan fingerprint density at radius 1 is 0.971 bits per heavy atom. The molecule has 0 aromatic heterocycles. The van der Waals surface area contributed by atoms with Crippen LogP contribution >= 0.6 is 22.6 Å². The lowest BCUT2D eigenvalue weighted by Crippen LogP contribution is -2.03. The van der Waals surface area contributed by atoms with E-state index in [0.717, 1.165) is 3.57 Å². The Kier molecular flexibility index (Phi) is 8.27. The summed E-state index contributed by atoms with van der Waals surface area (Å²) in [5.74, 6) is -1.03. The summed E-state index contributed by atoms with van der Waals surface area (Å²) in [6.45, 7) is 2.40. The average molecular weight is 569 g/mol. The molecule has 0 aliphatic heterocycles. The van der Waals surface area contributed by atoms with Crippen LogP contribution in [0.15, 0.2) is 60.7 Å². The highest BCUT2D eigenvalue weighted by atomic mass is 127. The highest BCUT2D eigenvalue weighted by Gasteiger charge is 2.14. The van der Waals surface area contributed by atoms with Crippen molar-refractivity contribution in [1.82, 2.24) is 0 Å². The third-order valence-corrected chi connectivity index (χ3v) is 5.56. The number of halogens is 1. The van der Waals surface area contributed by atoms with Gasteiger partial charge in [-0.2, -0.15) is 5.26 Å². The number of nitrogens with zero attached hydrogens (tertiary/aromatic N) is 1. The number of aromatic carboxylic acids is 2. The number of hydrogen-bond donors (Lipinski definition) is 2. The SMILES string of the molecule is CCOc1cc(/C=C(/C#N)c2ccc(C(=O)O)cc2)cc(I)c1OCc1cccc(C(=O)O)c1. The number of nitriles is 1. The van der Waals surface area contributed by atoms with Gasteiger partial charge in [0.05, 0.1) is 32.9 Å². The lowest BCUT2D eigenvalue weighted by molar-refractivity contribution is 0.0686. The molecule has 0 radical (unpaired) electrons. The monoisotopic (exact) mass is 569 g/mol. The Morgan fingerprint density at radius 2 is 1.65 bits per heavy atom. The van der Waals surface area contributed by atoms with E-state index < -0.39 is 11.9 Å². The van der Waals surface area contributed by atoms with Crippen molar-refractivity contribution >= 4 is 46.2 Å². The van der Waals surface area contributed by atoms with Crippen LogP contribution in [0.3, 0.4) is 0 Å². The van der Waals surface area contributed by atoms with Gasteiger partial charge in [-0.3, -0.25) is 0 Å². The zero-order valence-corrected chi connectivity index (χ0v) is 20.3. The van der Waals surface area contributed by atoms with Crippen LogP contribution in [0.25, 0.3) is 11.6 Å². The van der Waals surface area contributed by atoms with Crippen molar-refractivity contribution < 1.29 is 29.3 Å². The first-order valence-corrected chi connectivity index (χ1v) is 11.3. The number of allylic oxidation sites excluding steroid dienone is 1. The van der Waals surface area contributed by atoms with Gasteiger partial charge in [0.2, 0.25) is 0 Å². The molecule has 0 atom stereocenters. The van der Waals surface area contributed by atoms with Crippen molar-refractivity contribution in [3.8, 4) is 17.6 Å². The van der Waals surface area contributed by atoms with Crippen LogP contribution in [-0.2, 0) is 6.61 Å². The smallest absolute Gasteiger partial charge is 0.335 e. The van der Waals surface area contributed by atoms with Crippen molar-refractivity contribution in [1.29, 1.82) is 5.26 Å². The molecule has 0 aliphatic carbocycles. The number of carboxylic acids is 2. The molecule has 3 aromatic carbocycles. The Bertz CT molecular complexity index is 1290. The minimum absolute atomic E-state index is 0.143. The molecule has 34 heavy (non-hydrogen) atoms. The summed E-state index contributed by atoms with van der Waals surface area (Å²) in [7, 11) is 0. The molecule has 0 spiro atoms. The van der Waals surface area contributed by atoms with Crippen molar-refractivity contribution in [3.63, 3.8) is 0 Å². The maximum atomic E-state index is 11.2. The molecule has 0 unspecified atom stereocenters. The second-order valence-electron chi connectivity index (χ2n) is 7.11. The van der Waals surface area contributed by atoms with E-state index in [1.807, 2.05) is 13.0 Å². The molecule has 0 fully saturated rings. The van der Waals surface area contributed by atoms with E-state index in [1.165, 1.54) is 18.2 Å². The maximum absolute atomic E-state index is 11.2. The van der Waals surface area contributed by atoms with Crippen molar-refractivity contribution in [2.75, 3.05) is 6.61 Å². The number of carboxylic acid groups (broad SMARTS) is 2. The van der Waals surface area contributed by atoms with E-state index in [-0.39, 0.29) is 17.7 Å². The first kappa shape index (κ1) is 24.8. The van der Waals surface area contributed by atoms with Crippen LogP contribution in [0.5, 0.6) is 11.5 Å².